The van der Waals surface area contributed by atoms with Crippen molar-refractivity contribution in [2.45, 2.75) is 77.5 Å². The summed E-state index contributed by atoms with van der Waals surface area (Å²) in [4.78, 5) is 14.0. The molecule has 1 heterocycles. The highest BCUT2D eigenvalue weighted by atomic mass is 16.6. The smallest absolute Gasteiger partial charge is 0.410 e. The highest BCUT2D eigenvalue weighted by Crippen LogP contribution is 2.39. The van der Waals surface area contributed by atoms with E-state index < -0.39 is 11.2 Å². The van der Waals surface area contributed by atoms with E-state index >= 15 is 0 Å². The van der Waals surface area contributed by atoms with Gasteiger partial charge in [-0.05, 0) is 65.2 Å². The van der Waals surface area contributed by atoms with E-state index in [2.05, 4.69) is 12.2 Å². The first-order chi connectivity index (χ1) is 10.6. The van der Waals surface area contributed by atoms with E-state index in [-0.39, 0.29) is 6.09 Å². The van der Waals surface area contributed by atoms with E-state index in [1.807, 2.05) is 32.6 Å². The number of hydrogen-bond acceptors (Lipinski definition) is 4. The average molecular weight is 326 g/mol. The van der Waals surface area contributed by atoms with E-state index in [4.69, 9.17) is 4.74 Å². The summed E-state index contributed by atoms with van der Waals surface area (Å²) >= 11 is 0. The van der Waals surface area contributed by atoms with E-state index in [0.717, 1.165) is 38.8 Å². The number of carbonyl (C=O) groups excluding carboxylic acids is 1. The van der Waals surface area contributed by atoms with Crippen LogP contribution in [0.3, 0.4) is 0 Å². The number of nitrogens with zero attached hydrogens (tertiary/aromatic N) is 1. The topological polar surface area (TPSA) is 61.8 Å². The van der Waals surface area contributed by atoms with Crippen molar-refractivity contribution < 1.29 is 14.6 Å². The largest absolute Gasteiger partial charge is 0.444 e. The summed E-state index contributed by atoms with van der Waals surface area (Å²) in [6.45, 7) is 11.9. The van der Waals surface area contributed by atoms with Crippen molar-refractivity contribution in [3.05, 3.63) is 0 Å². The van der Waals surface area contributed by atoms with Crippen LogP contribution in [0.4, 0.5) is 4.79 Å². The Kier molecular flexibility index (Phi) is 5.62. The maximum absolute atomic E-state index is 12.2. The molecule has 3 atom stereocenters. The number of carbonyl (C=O) groups is 1. The molecule has 2 fully saturated rings. The second-order valence-corrected chi connectivity index (χ2v) is 8.50. The lowest BCUT2D eigenvalue weighted by Crippen LogP contribution is -2.47. The van der Waals surface area contributed by atoms with Gasteiger partial charge in [-0.2, -0.15) is 0 Å². The second kappa shape index (κ2) is 6.98. The molecular weight excluding hydrogens is 292 g/mol. The molecule has 0 aromatic carbocycles. The van der Waals surface area contributed by atoms with Crippen LogP contribution in [0.25, 0.3) is 0 Å². The van der Waals surface area contributed by atoms with Gasteiger partial charge in [0.25, 0.3) is 0 Å². The van der Waals surface area contributed by atoms with Gasteiger partial charge in [-0.15, -0.1) is 0 Å². The van der Waals surface area contributed by atoms with Crippen LogP contribution in [-0.2, 0) is 4.74 Å². The minimum absolute atomic E-state index is 0.208. The van der Waals surface area contributed by atoms with E-state index in [1.165, 1.54) is 0 Å². The minimum Gasteiger partial charge on any atom is -0.444 e. The van der Waals surface area contributed by atoms with Gasteiger partial charge in [0.2, 0.25) is 0 Å². The summed E-state index contributed by atoms with van der Waals surface area (Å²) in [6, 6.07) is 0.340. The van der Waals surface area contributed by atoms with Crippen molar-refractivity contribution in [1.82, 2.24) is 10.2 Å². The third kappa shape index (κ3) is 5.35. The monoisotopic (exact) mass is 326 g/mol. The fourth-order valence-electron chi connectivity index (χ4n) is 3.44. The average Bonchev–Trinajstić information content (AvgIpc) is 3.18. The van der Waals surface area contributed by atoms with Crippen LogP contribution in [-0.4, -0.2) is 53.0 Å². The Balaban J connectivity index is 1.82. The molecule has 1 aliphatic heterocycles. The van der Waals surface area contributed by atoms with Crippen LogP contribution in [0.1, 0.15) is 60.3 Å². The molecule has 1 saturated heterocycles. The highest BCUT2D eigenvalue weighted by molar-refractivity contribution is 5.68. The lowest BCUT2D eigenvalue weighted by atomic mass is 9.94. The van der Waals surface area contributed by atoms with Crippen molar-refractivity contribution in [3.8, 4) is 0 Å². The van der Waals surface area contributed by atoms with Crippen LogP contribution >= 0.6 is 0 Å². The number of rotatable bonds is 6. The molecule has 5 heteroatoms. The molecule has 0 bridgehead atoms. The van der Waals surface area contributed by atoms with Gasteiger partial charge in [0.05, 0.1) is 5.60 Å². The number of likely N-dealkylation sites (tertiary alicyclic amines) is 1. The summed E-state index contributed by atoms with van der Waals surface area (Å²) in [7, 11) is 0. The van der Waals surface area contributed by atoms with Gasteiger partial charge in [0.1, 0.15) is 5.60 Å². The quantitative estimate of drug-likeness (QED) is 0.788. The molecule has 0 aromatic rings. The summed E-state index contributed by atoms with van der Waals surface area (Å²) in [5.74, 6) is 0.886. The lowest BCUT2D eigenvalue weighted by molar-refractivity contribution is 0.0261. The number of aliphatic hydroxyl groups is 1. The summed E-state index contributed by atoms with van der Waals surface area (Å²) in [5, 5.41) is 14.0. The van der Waals surface area contributed by atoms with Gasteiger partial charge in [0, 0.05) is 25.7 Å². The van der Waals surface area contributed by atoms with Gasteiger partial charge in [-0.3, -0.25) is 0 Å². The Bertz CT molecular complexity index is 413. The Morgan fingerprint density at radius 3 is 2.48 bits per heavy atom. The molecular formula is C18H34N2O3. The summed E-state index contributed by atoms with van der Waals surface area (Å²) in [6.07, 6.45) is 4.08. The lowest BCUT2D eigenvalue weighted by Gasteiger charge is -2.30. The summed E-state index contributed by atoms with van der Waals surface area (Å²) < 4.78 is 5.46. The normalized spacial score (nSPS) is 26.0. The zero-order valence-electron chi connectivity index (χ0n) is 15.4. The van der Waals surface area contributed by atoms with Crippen LogP contribution < -0.4 is 5.32 Å². The van der Waals surface area contributed by atoms with Crippen molar-refractivity contribution in [1.29, 1.82) is 0 Å². The second-order valence-electron chi connectivity index (χ2n) is 8.50. The Morgan fingerprint density at radius 1 is 1.30 bits per heavy atom. The van der Waals surface area contributed by atoms with Crippen molar-refractivity contribution >= 4 is 6.09 Å². The van der Waals surface area contributed by atoms with Crippen LogP contribution in [0, 0.1) is 11.8 Å². The van der Waals surface area contributed by atoms with E-state index in [0.29, 0.717) is 24.4 Å². The zero-order chi connectivity index (χ0) is 17.3. The zero-order valence-corrected chi connectivity index (χ0v) is 15.4. The van der Waals surface area contributed by atoms with Crippen LogP contribution in [0.15, 0.2) is 0 Å². The first-order valence-electron chi connectivity index (χ1n) is 9.06. The fourth-order valence-corrected chi connectivity index (χ4v) is 3.44. The van der Waals surface area contributed by atoms with Gasteiger partial charge < -0.3 is 20.1 Å². The van der Waals surface area contributed by atoms with Gasteiger partial charge >= 0.3 is 6.09 Å². The third-order valence-corrected chi connectivity index (χ3v) is 5.06. The maximum Gasteiger partial charge on any atom is 0.410 e. The molecule has 134 valence electrons. The van der Waals surface area contributed by atoms with Gasteiger partial charge in [-0.25, -0.2) is 4.79 Å². The first-order valence-corrected chi connectivity index (χ1v) is 9.06. The number of nitrogens with one attached hydrogen (secondary N) is 1. The molecule has 0 spiro atoms. The number of hydrogen-bond donors (Lipinski definition) is 2. The van der Waals surface area contributed by atoms with E-state index in [1.54, 1.807) is 0 Å². The molecule has 1 aliphatic carbocycles. The maximum atomic E-state index is 12.2. The Labute approximate surface area is 140 Å². The molecule has 0 aromatic heterocycles. The van der Waals surface area contributed by atoms with Crippen LogP contribution in [0.5, 0.6) is 0 Å². The molecule has 2 N–H and O–H groups in total. The molecule has 0 radical (unpaired) electrons. The Morgan fingerprint density at radius 2 is 1.96 bits per heavy atom. The minimum atomic E-state index is -0.600. The van der Waals surface area contributed by atoms with Crippen LogP contribution in [0.2, 0.25) is 0 Å². The van der Waals surface area contributed by atoms with Gasteiger partial charge in [-0.1, -0.05) is 6.92 Å². The fraction of sp³-hybridized carbons (Fsp3) is 0.944. The van der Waals surface area contributed by atoms with Crippen molar-refractivity contribution in [2.75, 3.05) is 19.6 Å². The number of amides is 1. The highest BCUT2D eigenvalue weighted by Gasteiger charge is 2.41. The molecule has 2 rings (SSSR count). The molecule has 2 aliphatic rings. The predicted octanol–water partition coefficient (Wildman–Crippen LogP) is 2.77. The Hall–Kier alpha value is -0.810. The molecule has 3 unspecified atom stereocenters. The molecule has 23 heavy (non-hydrogen) atoms. The number of ether oxygens (including phenoxy) is 1. The third-order valence-electron chi connectivity index (χ3n) is 5.06. The predicted molar refractivity (Wildman–Crippen MR) is 91.3 cm³/mol. The summed E-state index contributed by atoms with van der Waals surface area (Å²) in [5.41, 5.74) is -1.04. The van der Waals surface area contributed by atoms with E-state index in [9.17, 15) is 9.90 Å². The first kappa shape index (κ1) is 18.5. The molecule has 5 nitrogen and oxygen atoms in total. The SMILES string of the molecule is CCC(NCC(C)(O)C1CC1)C1CCN(C(=O)OC(C)(C)C)C1. The standard InChI is InChI=1S/C18H34N2O3/c1-6-15(19-12-18(5,22)14-7-8-14)13-9-10-20(11-13)16(21)23-17(2,3)4/h13-15,19,22H,6-12H2,1-5H3. The molecule has 1 amide bonds. The van der Waals surface area contributed by atoms with Crippen molar-refractivity contribution in [3.63, 3.8) is 0 Å². The molecule has 1 saturated carbocycles. The van der Waals surface area contributed by atoms with Crippen molar-refractivity contribution in [2.24, 2.45) is 11.8 Å². The van der Waals surface area contributed by atoms with Gasteiger partial charge in [0.15, 0.2) is 0 Å².